The molecule has 0 N–H and O–H groups in total. The van der Waals surface area contributed by atoms with Crippen molar-refractivity contribution in [3.63, 3.8) is 0 Å². The highest BCUT2D eigenvalue weighted by Gasteiger charge is 2.41. The van der Waals surface area contributed by atoms with Crippen LogP contribution in [0.15, 0.2) is 30.3 Å². The van der Waals surface area contributed by atoms with Crippen LogP contribution in [0.25, 0.3) is 0 Å². The van der Waals surface area contributed by atoms with E-state index in [2.05, 4.69) is 4.74 Å². The minimum Gasteiger partial charge on any atom is -0.469 e. The van der Waals surface area contributed by atoms with Crippen molar-refractivity contribution in [1.82, 2.24) is 0 Å². The van der Waals surface area contributed by atoms with Gasteiger partial charge in [-0.25, -0.2) is 0 Å². The Bertz CT molecular complexity index is 384. The number of benzene rings is 1. The molecule has 1 unspecified atom stereocenters. The van der Waals surface area contributed by atoms with Gasteiger partial charge in [0.05, 0.1) is 33.4 Å². The molecule has 1 aromatic rings. The Balaban J connectivity index is 1.79. The van der Waals surface area contributed by atoms with E-state index in [1.807, 2.05) is 30.3 Å². The summed E-state index contributed by atoms with van der Waals surface area (Å²) in [6.45, 7) is 1.65. The molecule has 0 aliphatic carbocycles. The van der Waals surface area contributed by atoms with Gasteiger partial charge >= 0.3 is 5.97 Å². The molecule has 4 nitrogen and oxygen atoms in total. The summed E-state index contributed by atoms with van der Waals surface area (Å²) in [5, 5.41) is 0. The second-order valence-electron chi connectivity index (χ2n) is 4.51. The van der Waals surface area contributed by atoms with E-state index in [0.29, 0.717) is 19.8 Å². The van der Waals surface area contributed by atoms with Gasteiger partial charge in [0.1, 0.15) is 5.60 Å². The molecule has 1 fully saturated rings. The quantitative estimate of drug-likeness (QED) is 0.724. The van der Waals surface area contributed by atoms with Crippen LogP contribution in [0.2, 0.25) is 0 Å². The molecular formula is C14H18O4. The molecule has 0 saturated carbocycles. The Hall–Kier alpha value is -1.39. The van der Waals surface area contributed by atoms with E-state index in [4.69, 9.17) is 9.47 Å². The molecule has 1 aromatic carbocycles. The predicted molar refractivity (Wildman–Crippen MR) is 66.0 cm³/mol. The maximum absolute atomic E-state index is 11.3. The number of ether oxygens (including phenoxy) is 3. The molecule has 1 saturated heterocycles. The second kappa shape index (κ2) is 5.98. The zero-order valence-corrected chi connectivity index (χ0v) is 10.6. The Labute approximate surface area is 107 Å². The number of hydrogen-bond donors (Lipinski definition) is 0. The lowest BCUT2D eigenvalue weighted by molar-refractivity contribution is -0.195. The van der Waals surface area contributed by atoms with Crippen LogP contribution in [0.4, 0.5) is 0 Å². The van der Waals surface area contributed by atoms with Crippen LogP contribution in [0.3, 0.4) is 0 Å². The van der Waals surface area contributed by atoms with Gasteiger partial charge in [-0.3, -0.25) is 4.79 Å². The summed E-state index contributed by atoms with van der Waals surface area (Å²) in [4.78, 5) is 11.3. The molecule has 0 aromatic heterocycles. The number of hydrogen-bond acceptors (Lipinski definition) is 4. The zero-order valence-electron chi connectivity index (χ0n) is 10.6. The molecule has 0 amide bonds. The Kier molecular flexibility index (Phi) is 4.33. The summed E-state index contributed by atoms with van der Waals surface area (Å²) in [6.07, 6.45) is 1.11. The Morgan fingerprint density at radius 2 is 2.11 bits per heavy atom. The summed E-state index contributed by atoms with van der Waals surface area (Å²) in [6, 6.07) is 9.94. The average Bonchev–Trinajstić information content (AvgIpc) is 2.36. The monoisotopic (exact) mass is 250 g/mol. The van der Waals surface area contributed by atoms with Crippen molar-refractivity contribution < 1.29 is 19.0 Å². The van der Waals surface area contributed by atoms with Gasteiger partial charge in [0, 0.05) is 6.42 Å². The molecule has 0 bridgehead atoms. The van der Waals surface area contributed by atoms with E-state index >= 15 is 0 Å². The molecule has 98 valence electrons. The SMILES string of the molecule is COC(=O)CC1(COCc2ccccc2)CCO1. The fourth-order valence-electron chi connectivity index (χ4n) is 1.96. The van der Waals surface area contributed by atoms with E-state index in [9.17, 15) is 4.79 Å². The predicted octanol–water partition coefficient (Wildman–Crippen LogP) is 1.93. The van der Waals surface area contributed by atoms with Crippen LogP contribution in [0, 0.1) is 0 Å². The minimum atomic E-state index is -0.470. The summed E-state index contributed by atoms with van der Waals surface area (Å²) in [7, 11) is 1.39. The van der Waals surface area contributed by atoms with Crippen molar-refractivity contribution in [1.29, 1.82) is 0 Å². The van der Waals surface area contributed by atoms with Crippen LogP contribution in [0.1, 0.15) is 18.4 Å². The average molecular weight is 250 g/mol. The lowest BCUT2D eigenvalue weighted by Crippen LogP contribution is -2.49. The largest absolute Gasteiger partial charge is 0.469 e. The van der Waals surface area contributed by atoms with E-state index in [-0.39, 0.29) is 12.4 Å². The molecule has 1 atom stereocenters. The van der Waals surface area contributed by atoms with Crippen molar-refractivity contribution in [3.05, 3.63) is 35.9 Å². The van der Waals surface area contributed by atoms with Crippen molar-refractivity contribution in [3.8, 4) is 0 Å². The maximum Gasteiger partial charge on any atom is 0.308 e. The van der Waals surface area contributed by atoms with Gasteiger partial charge in [0.2, 0.25) is 0 Å². The lowest BCUT2D eigenvalue weighted by Gasteiger charge is -2.40. The first kappa shape index (κ1) is 13.1. The van der Waals surface area contributed by atoms with Crippen molar-refractivity contribution in [2.45, 2.75) is 25.0 Å². The van der Waals surface area contributed by atoms with E-state index < -0.39 is 5.60 Å². The third-order valence-electron chi connectivity index (χ3n) is 3.14. The van der Waals surface area contributed by atoms with Gasteiger partial charge in [-0.15, -0.1) is 0 Å². The van der Waals surface area contributed by atoms with Gasteiger partial charge < -0.3 is 14.2 Å². The molecule has 0 radical (unpaired) electrons. The fraction of sp³-hybridized carbons (Fsp3) is 0.500. The van der Waals surface area contributed by atoms with Gasteiger partial charge in [-0.2, -0.15) is 0 Å². The molecule has 2 rings (SSSR count). The van der Waals surface area contributed by atoms with Gasteiger partial charge in [-0.05, 0) is 5.56 Å². The van der Waals surface area contributed by atoms with Crippen LogP contribution in [0.5, 0.6) is 0 Å². The topological polar surface area (TPSA) is 44.8 Å². The Morgan fingerprint density at radius 3 is 2.67 bits per heavy atom. The number of carbonyl (C=O) groups is 1. The Morgan fingerprint density at radius 1 is 1.39 bits per heavy atom. The first-order valence-electron chi connectivity index (χ1n) is 6.07. The van der Waals surface area contributed by atoms with Gasteiger partial charge in [-0.1, -0.05) is 30.3 Å². The van der Waals surface area contributed by atoms with Crippen molar-refractivity contribution in [2.75, 3.05) is 20.3 Å². The number of methoxy groups -OCH3 is 1. The molecule has 1 aliphatic heterocycles. The highest BCUT2D eigenvalue weighted by Crippen LogP contribution is 2.31. The van der Waals surface area contributed by atoms with Gasteiger partial charge in [0.25, 0.3) is 0 Å². The molecule has 1 heterocycles. The third kappa shape index (κ3) is 3.31. The minimum absolute atomic E-state index is 0.252. The summed E-state index contributed by atoms with van der Waals surface area (Å²) < 4.78 is 15.8. The molecular weight excluding hydrogens is 232 g/mol. The molecule has 1 aliphatic rings. The third-order valence-corrected chi connectivity index (χ3v) is 3.14. The summed E-state index contributed by atoms with van der Waals surface area (Å²) >= 11 is 0. The standard InChI is InChI=1S/C14H18O4/c1-16-13(15)9-14(7-8-18-14)11-17-10-12-5-3-2-4-6-12/h2-6H,7-11H2,1H3. The first-order chi connectivity index (χ1) is 8.74. The smallest absolute Gasteiger partial charge is 0.308 e. The number of esters is 1. The molecule has 4 heteroatoms. The second-order valence-corrected chi connectivity index (χ2v) is 4.51. The fourth-order valence-corrected chi connectivity index (χ4v) is 1.96. The van der Waals surface area contributed by atoms with Crippen LogP contribution in [-0.4, -0.2) is 31.9 Å². The van der Waals surface area contributed by atoms with Gasteiger partial charge in [0.15, 0.2) is 0 Å². The van der Waals surface area contributed by atoms with Crippen LogP contribution >= 0.6 is 0 Å². The van der Waals surface area contributed by atoms with E-state index in [1.54, 1.807) is 0 Å². The van der Waals surface area contributed by atoms with E-state index in [1.165, 1.54) is 7.11 Å². The zero-order chi connectivity index (χ0) is 12.8. The normalized spacial score (nSPS) is 22.3. The highest BCUT2D eigenvalue weighted by molar-refractivity contribution is 5.70. The van der Waals surface area contributed by atoms with E-state index in [0.717, 1.165) is 12.0 Å². The summed E-state index contributed by atoms with van der Waals surface area (Å²) in [5.41, 5.74) is 0.645. The first-order valence-corrected chi connectivity index (χ1v) is 6.07. The highest BCUT2D eigenvalue weighted by atomic mass is 16.6. The van der Waals surface area contributed by atoms with Crippen LogP contribution < -0.4 is 0 Å². The molecule has 0 spiro atoms. The maximum atomic E-state index is 11.3. The van der Waals surface area contributed by atoms with Crippen LogP contribution in [-0.2, 0) is 25.6 Å². The summed E-state index contributed by atoms with van der Waals surface area (Å²) in [5.74, 6) is -0.252. The van der Waals surface area contributed by atoms with Crippen molar-refractivity contribution in [2.24, 2.45) is 0 Å². The number of rotatable bonds is 6. The van der Waals surface area contributed by atoms with Crippen molar-refractivity contribution >= 4 is 5.97 Å². The number of carbonyl (C=O) groups excluding carboxylic acids is 1. The lowest BCUT2D eigenvalue weighted by atomic mass is 9.92. The molecule has 18 heavy (non-hydrogen) atoms.